The molecular weight excluding hydrogens is 322 g/mol. The average Bonchev–Trinajstić information content (AvgIpc) is 2.60. The number of benzene rings is 1. The molecule has 0 saturated carbocycles. The zero-order valence-electron chi connectivity index (χ0n) is 15.3. The molecule has 0 bridgehead atoms. The first-order chi connectivity index (χ1) is 12.4. The van der Waals surface area contributed by atoms with E-state index in [4.69, 9.17) is 0 Å². The highest BCUT2D eigenvalue weighted by molar-refractivity contribution is 6.03. The first-order valence-electron chi connectivity index (χ1n) is 8.86. The standard InChI is InChI=1S/C22H21N3O/c1-21(2)11-16-19(17(26)12-21)22(3,15-7-5-4-6-8-15)18-14(13-23)9-10-24-20(18)25-16/h4-10H,11-12H2,1-3H3,(H,24,25). The second-order valence-corrected chi connectivity index (χ2v) is 8.10. The van der Waals surface area contributed by atoms with E-state index in [9.17, 15) is 10.1 Å². The molecule has 2 heterocycles. The van der Waals surface area contributed by atoms with Crippen LogP contribution in [0.2, 0.25) is 0 Å². The Bertz CT molecular complexity index is 982. The number of hydrogen-bond donors (Lipinski definition) is 1. The van der Waals surface area contributed by atoms with Gasteiger partial charge in [-0.2, -0.15) is 5.26 Å². The van der Waals surface area contributed by atoms with E-state index in [1.165, 1.54) is 0 Å². The number of aromatic nitrogens is 1. The number of allylic oxidation sites excluding steroid dienone is 2. The van der Waals surface area contributed by atoms with E-state index in [-0.39, 0.29) is 11.2 Å². The quantitative estimate of drug-likeness (QED) is 0.837. The van der Waals surface area contributed by atoms with Crippen LogP contribution in [0, 0.1) is 16.7 Å². The molecular formula is C22H21N3O. The van der Waals surface area contributed by atoms with Gasteiger partial charge in [-0.15, -0.1) is 0 Å². The SMILES string of the molecule is CC1(C)CC(=O)C2=C(C1)Nc1nccc(C#N)c1C2(C)c1ccccc1. The Morgan fingerprint density at radius 1 is 1.12 bits per heavy atom. The molecule has 0 spiro atoms. The Hall–Kier alpha value is -2.93. The Morgan fingerprint density at radius 3 is 2.54 bits per heavy atom. The number of rotatable bonds is 1. The second kappa shape index (κ2) is 5.54. The number of anilines is 1. The lowest BCUT2D eigenvalue weighted by atomic mass is 9.61. The molecule has 2 aromatic rings. The molecule has 1 unspecified atom stereocenters. The molecule has 1 aliphatic heterocycles. The van der Waals surface area contributed by atoms with Crippen LogP contribution in [-0.4, -0.2) is 10.8 Å². The third-order valence-electron chi connectivity index (χ3n) is 5.57. The number of ketones is 1. The molecule has 0 amide bonds. The molecule has 26 heavy (non-hydrogen) atoms. The number of nitrogens with zero attached hydrogens (tertiary/aromatic N) is 2. The van der Waals surface area contributed by atoms with Gasteiger partial charge in [0.25, 0.3) is 0 Å². The lowest BCUT2D eigenvalue weighted by molar-refractivity contribution is -0.118. The van der Waals surface area contributed by atoms with E-state index in [0.717, 1.165) is 28.8 Å². The van der Waals surface area contributed by atoms with Crippen molar-refractivity contribution in [2.75, 3.05) is 5.32 Å². The van der Waals surface area contributed by atoms with Crippen LogP contribution in [0.4, 0.5) is 5.82 Å². The van der Waals surface area contributed by atoms with Crippen LogP contribution in [-0.2, 0) is 10.2 Å². The topological polar surface area (TPSA) is 65.8 Å². The zero-order valence-corrected chi connectivity index (χ0v) is 15.3. The Labute approximate surface area is 153 Å². The minimum atomic E-state index is -0.690. The van der Waals surface area contributed by atoms with Gasteiger partial charge in [-0.3, -0.25) is 4.79 Å². The summed E-state index contributed by atoms with van der Waals surface area (Å²) in [6.45, 7) is 6.28. The van der Waals surface area contributed by atoms with E-state index in [1.807, 2.05) is 30.3 Å². The molecule has 1 atom stereocenters. The van der Waals surface area contributed by atoms with Crippen LogP contribution in [0.1, 0.15) is 50.3 Å². The van der Waals surface area contributed by atoms with Gasteiger partial charge in [-0.05, 0) is 30.4 Å². The van der Waals surface area contributed by atoms with Gasteiger partial charge in [-0.1, -0.05) is 44.2 Å². The maximum absolute atomic E-state index is 13.2. The number of carbonyl (C=O) groups is 1. The monoisotopic (exact) mass is 343 g/mol. The molecule has 1 N–H and O–H groups in total. The van der Waals surface area contributed by atoms with Gasteiger partial charge in [0.15, 0.2) is 5.78 Å². The normalized spacial score (nSPS) is 23.5. The van der Waals surface area contributed by atoms with E-state index >= 15 is 0 Å². The molecule has 4 rings (SSSR count). The highest BCUT2D eigenvalue weighted by Gasteiger charge is 2.48. The summed E-state index contributed by atoms with van der Waals surface area (Å²) in [5.74, 6) is 0.827. The van der Waals surface area contributed by atoms with Crippen molar-refractivity contribution in [3.63, 3.8) is 0 Å². The van der Waals surface area contributed by atoms with Crippen LogP contribution in [0.5, 0.6) is 0 Å². The molecule has 1 aromatic carbocycles. The summed E-state index contributed by atoms with van der Waals surface area (Å²) >= 11 is 0. The number of Topliss-reactive ketones (excluding diaryl/α,β-unsaturated/α-hetero) is 1. The third kappa shape index (κ3) is 2.28. The van der Waals surface area contributed by atoms with Crippen molar-refractivity contribution >= 4 is 11.6 Å². The fourth-order valence-corrected chi connectivity index (χ4v) is 4.49. The minimum absolute atomic E-state index is 0.0924. The number of nitrogens with one attached hydrogen (secondary N) is 1. The lowest BCUT2D eigenvalue weighted by Gasteiger charge is -2.44. The summed E-state index contributed by atoms with van der Waals surface area (Å²) in [4.78, 5) is 17.7. The van der Waals surface area contributed by atoms with Crippen LogP contribution in [0.25, 0.3) is 0 Å². The maximum atomic E-state index is 13.2. The maximum Gasteiger partial charge on any atom is 0.162 e. The van der Waals surface area contributed by atoms with Gasteiger partial charge in [0.1, 0.15) is 5.82 Å². The third-order valence-corrected chi connectivity index (χ3v) is 5.57. The first-order valence-corrected chi connectivity index (χ1v) is 8.86. The fraction of sp³-hybridized carbons (Fsp3) is 0.318. The van der Waals surface area contributed by atoms with Gasteiger partial charge in [0, 0.05) is 29.5 Å². The van der Waals surface area contributed by atoms with E-state index < -0.39 is 5.41 Å². The summed E-state index contributed by atoms with van der Waals surface area (Å²) in [5, 5.41) is 13.1. The van der Waals surface area contributed by atoms with Gasteiger partial charge in [0.2, 0.25) is 0 Å². The molecule has 0 fully saturated rings. The van der Waals surface area contributed by atoms with Crippen molar-refractivity contribution in [1.82, 2.24) is 4.98 Å². The predicted molar refractivity (Wildman–Crippen MR) is 101 cm³/mol. The largest absolute Gasteiger partial charge is 0.343 e. The van der Waals surface area contributed by atoms with E-state index in [1.54, 1.807) is 12.3 Å². The van der Waals surface area contributed by atoms with Crippen LogP contribution < -0.4 is 5.32 Å². The molecule has 1 aromatic heterocycles. The molecule has 130 valence electrons. The number of nitriles is 1. The van der Waals surface area contributed by atoms with Crippen LogP contribution >= 0.6 is 0 Å². The minimum Gasteiger partial charge on any atom is -0.343 e. The number of fused-ring (bicyclic) bond motifs is 1. The summed E-state index contributed by atoms with van der Waals surface area (Å²) in [5.41, 5.74) is 3.29. The Morgan fingerprint density at radius 2 is 1.85 bits per heavy atom. The highest BCUT2D eigenvalue weighted by Crippen LogP contribution is 2.52. The van der Waals surface area contributed by atoms with E-state index in [2.05, 4.69) is 37.1 Å². The summed E-state index contributed by atoms with van der Waals surface area (Å²) in [6.07, 6.45) is 2.94. The average molecular weight is 343 g/mol. The summed E-state index contributed by atoms with van der Waals surface area (Å²) in [7, 11) is 0. The van der Waals surface area contributed by atoms with Crippen molar-refractivity contribution in [2.24, 2.45) is 5.41 Å². The summed E-state index contributed by atoms with van der Waals surface area (Å²) in [6, 6.07) is 14.0. The van der Waals surface area contributed by atoms with Gasteiger partial charge < -0.3 is 5.32 Å². The number of pyridine rings is 1. The number of carbonyl (C=O) groups excluding carboxylic acids is 1. The highest BCUT2D eigenvalue weighted by atomic mass is 16.1. The smallest absolute Gasteiger partial charge is 0.162 e. The van der Waals surface area contributed by atoms with Gasteiger partial charge in [-0.25, -0.2) is 4.98 Å². The van der Waals surface area contributed by atoms with Crippen LogP contribution in [0.3, 0.4) is 0 Å². The molecule has 4 nitrogen and oxygen atoms in total. The second-order valence-electron chi connectivity index (χ2n) is 8.10. The predicted octanol–water partition coefficient (Wildman–Crippen LogP) is 4.33. The molecule has 0 saturated heterocycles. The molecule has 0 radical (unpaired) electrons. The van der Waals surface area contributed by atoms with E-state index in [0.29, 0.717) is 17.8 Å². The molecule has 4 heteroatoms. The van der Waals surface area contributed by atoms with Crippen molar-refractivity contribution in [3.05, 3.63) is 70.6 Å². The Kier molecular flexibility index (Phi) is 3.52. The first kappa shape index (κ1) is 16.5. The van der Waals surface area contributed by atoms with Crippen molar-refractivity contribution in [3.8, 4) is 6.07 Å². The van der Waals surface area contributed by atoms with Crippen molar-refractivity contribution < 1.29 is 4.79 Å². The zero-order chi connectivity index (χ0) is 18.5. The van der Waals surface area contributed by atoms with Crippen molar-refractivity contribution in [1.29, 1.82) is 5.26 Å². The Balaban J connectivity index is 2.07. The molecule has 1 aliphatic carbocycles. The fourth-order valence-electron chi connectivity index (χ4n) is 4.49. The van der Waals surface area contributed by atoms with Crippen molar-refractivity contribution in [2.45, 2.75) is 39.0 Å². The number of hydrogen-bond acceptors (Lipinski definition) is 4. The van der Waals surface area contributed by atoms with Crippen LogP contribution in [0.15, 0.2) is 53.9 Å². The van der Waals surface area contributed by atoms with Gasteiger partial charge >= 0.3 is 0 Å². The lowest BCUT2D eigenvalue weighted by Crippen LogP contribution is -2.42. The molecule has 2 aliphatic rings. The van der Waals surface area contributed by atoms with Gasteiger partial charge in [0.05, 0.1) is 17.0 Å². The summed E-state index contributed by atoms with van der Waals surface area (Å²) < 4.78 is 0.